The second kappa shape index (κ2) is 7.02. The minimum absolute atomic E-state index is 0.0200. The van der Waals surface area contributed by atoms with Crippen molar-refractivity contribution in [1.82, 2.24) is 10.6 Å². The highest BCUT2D eigenvalue weighted by atomic mass is 16.2. The summed E-state index contributed by atoms with van der Waals surface area (Å²) in [6, 6.07) is 7.60. The van der Waals surface area contributed by atoms with E-state index in [1.54, 1.807) is 6.07 Å². The fourth-order valence-electron chi connectivity index (χ4n) is 2.02. The Morgan fingerprint density at radius 1 is 1.10 bits per heavy atom. The van der Waals surface area contributed by atoms with Crippen molar-refractivity contribution in [2.24, 2.45) is 0 Å². The van der Waals surface area contributed by atoms with E-state index in [4.69, 9.17) is 0 Å². The number of rotatable bonds is 7. The Labute approximate surface area is 124 Å². The number of amides is 2. The van der Waals surface area contributed by atoms with Gasteiger partial charge in [-0.05, 0) is 25.3 Å². The summed E-state index contributed by atoms with van der Waals surface area (Å²) < 4.78 is 0. The standard InChI is InChI=1S/C16H20N2O3/c1-11-4-2-3-5-13(11)14(19)8-9-15(20)17-10-16(21)18-12-6-7-12/h2-5,12H,6-10H2,1H3,(H,17,20)(H,18,21). The quantitative estimate of drug-likeness (QED) is 0.744. The number of hydrogen-bond acceptors (Lipinski definition) is 3. The molecule has 0 bridgehead atoms. The van der Waals surface area contributed by atoms with Gasteiger partial charge in [-0.3, -0.25) is 14.4 Å². The van der Waals surface area contributed by atoms with Gasteiger partial charge in [0.2, 0.25) is 11.8 Å². The molecule has 0 spiro atoms. The zero-order valence-corrected chi connectivity index (χ0v) is 12.1. The summed E-state index contributed by atoms with van der Waals surface area (Å²) in [5.41, 5.74) is 1.56. The Morgan fingerprint density at radius 2 is 1.81 bits per heavy atom. The van der Waals surface area contributed by atoms with Crippen LogP contribution in [0.15, 0.2) is 24.3 Å². The smallest absolute Gasteiger partial charge is 0.239 e. The van der Waals surface area contributed by atoms with E-state index in [-0.39, 0.29) is 43.0 Å². The first-order valence-electron chi connectivity index (χ1n) is 7.21. The van der Waals surface area contributed by atoms with Crippen LogP contribution in [0, 0.1) is 6.92 Å². The van der Waals surface area contributed by atoms with Gasteiger partial charge in [-0.15, -0.1) is 0 Å². The second-order valence-electron chi connectivity index (χ2n) is 5.36. The molecule has 112 valence electrons. The van der Waals surface area contributed by atoms with Crippen molar-refractivity contribution in [3.05, 3.63) is 35.4 Å². The number of ketones is 1. The van der Waals surface area contributed by atoms with Crippen LogP contribution in [0.3, 0.4) is 0 Å². The number of aryl methyl sites for hydroxylation is 1. The molecule has 2 rings (SSSR count). The highest BCUT2D eigenvalue weighted by Gasteiger charge is 2.23. The molecule has 1 aliphatic carbocycles. The molecular formula is C16H20N2O3. The first-order chi connectivity index (χ1) is 10.1. The number of nitrogens with one attached hydrogen (secondary N) is 2. The van der Waals surface area contributed by atoms with Gasteiger partial charge in [0.05, 0.1) is 6.54 Å². The lowest BCUT2D eigenvalue weighted by Crippen LogP contribution is -2.37. The third kappa shape index (κ3) is 5.02. The van der Waals surface area contributed by atoms with Gasteiger partial charge >= 0.3 is 0 Å². The second-order valence-corrected chi connectivity index (χ2v) is 5.36. The Hall–Kier alpha value is -2.17. The topological polar surface area (TPSA) is 75.3 Å². The molecule has 5 nitrogen and oxygen atoms in total. The third-order valence-corrected chi connectivity index (χ3v) is 3.41. The molecule has 0 heterocycles. The minimum Gasteiger partial charge on any atom is -0.352 e. The van der Waals surface area contributed by atoms with Crippen LogP contribution >= 0.6 is 0 Å². The molecule has 1 aromatic rings. The molecule has 1 aliphatic rings. The lowest BCUT2D eigenvalue weighted by Gasteiger charge is -2.06. The molecule has 0 aromatic heterocycles. The van der Waals surface area contributed by atoms with E-state index in [2.05, 4.69) is 10.6 Å². The number of Topliss-reactive ketones (excluding diaryl/α,β-unsaturated/α-hetero) is 1. The van der Waals surface area contributed by atoms with Crippen LogP contribution < -0.4 is 10.6 Å². The molecular weight excluding hydrogens is 268 g/mol. The Balaban J connectivity index is 1.69. The zero-order valence-electron chi connectivity index (χ0n) is 12.1. The maximum Gasteiger partial charge on any atom is 0.239 e. The van der Waals surface area contributed by atoms with E-state index >= 15 is 0 Å². The Kier molecular flexibility index (Phi) is 5.09. The molecule has 0 unspecified atom stereocenters. The van der Waals surface area contributed by atoms with E-state index in [9.17, 15) is 14.4 Å². The van der Waals surface area contributed by atoms with Gasteiger partial charge in [0.15, 0.2) is 5.78 Å². The van der Waals surface area contributed by atoms with Gasteiger partial charge in [0.1, 0.15) is 0 Å². The highest BCUT2D eigenvalue weighted by molar-refractivity contribution is 5.99. The summed E-state index contributed by atoms with van der Waals surface area (Å²) in [6.45, 7) is 1.85. The predicted molar refractivity (Wildman–Crippen MR) is 78.9 cm³/mol. The van der Waals surface area contributed by atoms with Crippen molar-refractivity contribution >= 4 is 17.6 Å². The van der Waals surface area contributed by atoms with Crippen LogP contribution in [0.2, 0.25) is 0 Å². The summed E-state index contributed by atoms with van der Waals surface area (Å²) in [5, 5.41) is 5.32. The van der Waals surface area contributed by atoms with Crippen molar-refractivity contribution < 1.29 is 14.4 Å². The largest absolute Gasteiger partial charge is 0.352 e. The van der Waals surface area contributed by atoms with E-state index in [0.29, 0.717) is 5.56 Å². The molecule has 1 fully saturated rings. The molecule has 21 heavy (non-hydrogen) atoms. The number of hydrogen-bond donors (Lipinski definition) is 2. The van der Waals surface area contributed by atoms with E-state index in [0.717, 1.165) is 18.4 Å². The van der Waals surface area contributed by atoms with Crippen LogP contribution in [0.25, 0.3) is 0 Å². The maximum atomic E-state index is 12.0. The molecule has 2 N–H and O–H groups in total. The molecule has 1 saturated carbocycles. The first-order valence-corrected chi connectivity index (χ1v) is 7.21. The monoisotopic (exact) mass is 288 g/mol. The molecule has 2 amide bonds. The highest BCUT2D eigenvalue weighted by Crippen LogP contribution is 2.18. The molecule has 0 radical (unpaired) electrons. The normalized spacial score (nSPS) is 13.6. The van der Waals surface area contributed by atoms with Gasteiger partial charge in [-0.1, -0.05) is 24.3 Å². The number of carbonyl (C=O) groups excluding carboxylic acids is 3. The zero-order chi connectivity index (χ0) is 15.2. The van der Waals surface area contributed by atoms with Gasteiger partial charge in [-0.2, -0.15) is 0 Å². The minimum atomic E-state index is -0.275. The average molecular weight is 288 g/mol. The predicted octanol–water partition coefficient (Wildman–Crippen LogP) is 1.35. The van der Waals surface area contributed by atoms with Crippen molar-refractivity contribution in [3.8, 4) is 0 Å². The van der Waals surface area contributed by atoms with Gasteiger partial charge < -0.3 is 10.6 Å². The fraction of sp³-hybridized carbons (Fsp3) is 0.438. The SMILES string of the molecule is Cc1ccccc1C(=O)CCC(=O)NCC(=O)NC1CC1. The molecule has 1 aromatic carbocycles. The van der Waals surface area contributed by atoms with Crippen LogP contribution in [0.5, 0.6) is 0 Å². The summed E-state index contributed by atoms with van der Waals surface area (Å²) in [6.07, 6.45) is 2.29. The van der Waals surface area contributed by atoms with Gasteiger partial charge in [0.25, 0.3) is 0 Å². The van der Waals surface area contributed by atoms with E-state index in [1.165, 1.54) is 0 Å². The molecule has 0 saturated heterocycles. The van der Waals surface area contributed by atoms with Crippen LogP contribution in [0.1, 0.15) is 41.6 Å². The molecule has 0 atom stereocenters. The van der Waals surface area contributed by atoms with Crippen molar-refractivity contribution in [2.45, 2.75) is 38.6 Å². The van der Waals surface area contributed by atoms with Gasteiger partial charge in [-0.25, -0.2) is 0 Å². The number of carbonyl (C=O) groups is 3. The molecule has 0 aliphatic heterocycles. The first kappa shape index (κ1) is 15.2. The number of benzene rings is 1. The summed E-state index contributed by atoms with van der Waals surface area (Å²) in [5.74, 6) is -0.496. The lowest BCUT2D eigenvalue weighted by molar-refractivity contribution is -0.126. The van der Waals surface area contributed by atoms with E-state index in [1.807, 2.05) is 25.1 Å². The van der Waals surface area contributed by atoms with Crippen LogP contribution in [-0.4, -0.2) is 30.2 Å². The van der Waals surface area contributed by atoms with Crippen molar-refractivity contribution in [2.75, 3.05) is 6.54 Å². The van der Waals surface area contributed by atoms with Crippen LogP contribution in [0.4, 0.5) is 0 Å². The summed E-state index contributed by atoms with van der Waals surface area (Å²) >= 11 is 0. The summed E-state index contributed by atoms with van der Waals surface area (Å²) in [7, 11) is 0. The Morgan fingerprint density at radius 3 is 2.48 bits per heavy atom. The summed E-state index contributed by atoms with van der Waals surface area (Å²) in [4.78, 5) is 35.0. The van der Waals surface area contributed by atoms with Crippen molar-refractivity contribution in [1.29, 1.82) is 0 Å². The molecule has 5 heteroatoms. The van der Waals surface area contributed by atoms with E-state index < -0.39 is 0 Å². The third-order valence-electron chi connectivity index (χ3n) is 3.41. The van der Waals surface area contributed by atoms with Crippen LogP contribution in [-0.2, 0) is 9.59 Å². The van der Waals surface area contributed by atoms with Crippen molar-refractivity contribution in [3.63, 3.8) is 0 Å². The maximum absolute atomic E-state index is 12.0. The lowest BCUT2D eigenvalue weighted by atomic mass is 10.0. The Bertz CT molecular complexity index is 550. The average Bonchev–Trinajstić information content (AvgIpc) is 3.27. The van der Waals surface area contributed by atoms with Gasteiger partial charge in [0, 0.05) is 24.4 Å². The fourth-order valence-corrected chi connectivity index (χ4v) is 2.02.